The smallest absolute Gasteiger partial charge is 0.296 e. The molecule has 0 aliphatic rings. The van der Waals surface area contributed by atoms with Gasteiger partial charge in [0.15, 0.2) is 11.3 Å². The zero-order valence-corrected chi connectivity index (χ0v) is 12.7. The Morgan fingerprint density at radius 2 is 2.00 bits per heavy atom. The first-order valence-electron chi connectivity index (χ1n) is 5.81. The first kappa shape index (κ1) is 14.7. The zero-order chi connectivity index (χ0) is 15.1. The average Bonchev–Trinajstić information content (AvgIpc) is 2.72. The van der Waals surface area contributed by atoms with Crippen LogP contribution in [0.5, 0.6) is 0 Å². The van der Waals surface area contributed by atoms with E-state index in [1.165, 1.54) is 16.8 Å². The van der Waals surface area contributed by atoms with E-state index in [4.69, 9.17) is 10.7 Å². The molecule has 9 heteroatoms. The minimum atomic E-state index is -4.04. The molecule has 20 heavy (non-hydrogen) atoms. The minimum absolute atomic E-state index is 0.167. The molecule has 2 heterocycles. The van der Waals surface area contributed by atoms with Crippen molar-refractivity contribution >= 4 is 19.7 Å². The van der Waals surface area contributed by atoms with Gasteiger partial charge in [0.05, 0.1) is 5.56 Å². The number of rotatable bonds is 3. The number of aryl methyl sites for hydroxylation is 1. The number of hydrogen-bond donors (Lipinski definition) is 1. The van der Waals surface area contributed by atoms with Crippen molar-refractivity contribution in [2.45, 2.75) is 32.0 Å². The van der Waals surface area contributed by atoms with Gasteiger partial charge in [0, 0.05) is 34.7 Å². The maximum atomic E-state index is 12.0. The van der Waals surface area contributed by atoms with Gasteiger partial charge in [0.2, 0.25) is 0 Å². The normalized spacial score (nSPS) is 12.1. The highest BCUT2D eigenvalue weighted by Crippen LogP contribution is 2.24. The quantitative estimate of drug-likeness (QED) is 0.864. The van der Waals surface area contributed by atoms with Crippen LogP contribution in [0, 0.1) is 6.92 Å². The van der Waals surface area contributed by atoms with E-state index in [1.807, 2.05) is 0 Å². The Hall–Kier alpha value is -1.67. The standard InChI is InChI=1S/C11H13ClN4O3S/c1-6(2)16-10(14-15-11(16)20(12,18)19)8-5-13-7(3)4-9(8)17/h4-6H,1-3H3,(H,13,17). The van der Waals surface area contributed by atoms with Gasteiger partial charge < -0.3 is 4.98 Å². The summed E-state index contributed by atoms with van der Waals surface area (Å²) in [6, 6.07) is 1.13. The molecule has 0 aliphatic heterocycles. The van der Waals surface area contributed by atoms with E-state index < -0.39 is 9.05 Å². The lowest BCUT2D eigenvalue weighted by Crippen LogP contribution is -2.14. The fourth-order valence-electron chi connectivity index (χ4n) is 1.84. The van der Waals surface area contributed by atoms with Crippen LogP contribution in [0.2, 0.25) is 0 Å². The van der Waals surface area contributed by atoms with Crippen molar-refractivity contribution in [1.29, 1.82) is 0 Å². The van der Waals surface area contributed by atoms with E-state index in [0.717, 1.165) is 0 Å². The Labute approximate surface area is 120 Å². The first-order chi connectivity index (χ1) is 9.21. The fourth-order valence-corrected chi connectivity index (χ4v) is 2.83. The van der Waals surface area contributed by atoms with Crippen molar-refractivity contribution < 1.29 is 8.42 Å². The van der Waals surface area contributed by atoms with E-state index >= 15 is 0 Å². The number of halogens is 1. The highest BCUT2D eigenvalue weighted by Gasteiger charge is 2.25. The van der Waals surface area contributed by atoms with Crippen molar-refractivity contribution in [1.82, 2.24) is 19.7 Å². The molecule has 2 aromatic rings. The summed E-state index contributed by atoms with van der Waals surface area (Å²) in [7, 11) is 1.30. The molecular formula is C11H13ClN4O3S. The third-order valence-electron chi connectivity index (χ3n) is 2.70. The molecule has 0 fully saturated rings. The fraction of sp³-hybridized carbons (Fsp3) is 0.364. The molecular weight excluding hydrogens is 304 g/mol. The third kappa shape index (κ3) is 2.61. The van der Waals surface area contributed by atoms with Gasteiger partial charge in [-0.1, -0.05) is 0 Å². The summed E-state index contributed by atoms with van der Waals surface area (Å²) in [4.78, 5) is 14.9. The highest BCUT2D eigenvalue weighted by molar-refractivity contribution is 8.13. The number of hydrogen-bond acceptors (Lipinski definition) is 5. The summed E-state index contributed by atoms with van der Waals surface area (Å²) < 4.78 is 24.3. The summed E-state index contributed by atoms with van der Waals surface area (Å²) in [6.07, 6.45) is 1.48. The molecule has 2 rings (SSSR count). The summed E-state index contributed by atoms with van der Waals surface area (Å²) in [6.45, 7) is 5.24. The second-order valence-electron chi connectivity index (χ2n) is 4.60. The number of aromatic amines is 1. The molecule has 0 radical (unpaired) electrons. The van der Waals surface area contributed by atoms with Crippen LogP contribution in [-0.4, -0.2) is 28.2 Å². The van der Waals surface area contributed by atoms with E-state index in [-0.39, 0.29) is 28.0 Å². The van der Waals surface area contributed by atoms with E-state index in [2.05, 4.69) is 15.2 Å². The van der Waals surface area contributed by atoms with Gasteiger partial charge in [-0.2, -0.15) is 0 Å². The summed E-state index contributed by atoms with van der Waals surface area (Å²) in [5.41, 5.74) is 0.664. The first-order valence-corrected chi connectivity index (χ1v) is 8.12. The Bertz CT molecular complexity index is 807. The zero-order valence-electron chi connectivity index (χ0n) is 11.1. The van der Waals surface area contributed by atoms with E-state index in [0.29, 0.717) is 5.69 Å². The second kappa shape index (κ2) is 5.02. The Morgan fingerprint density at radius 3 is 2.50 bits per heavy atom. The van der Waals surface area contributed by atoms with Gasteiger partial charge in [-0.3, -0.25) is 9.36 Å². The molecule has 0 saturated carbocycles. The van der Waals surface area contributed by atoms with Crippen LogP contribution in [0.4, 0.5) is 0 Å². The van der Waals surface area contributed by atoms with Gasteiger partial charge in [0.25, 0.3) is 14.2 Å². The van der Waals surface area contributed by atoms with Crippen molar-refractivity contribution in [3.05, 3.63) is 28.2 Å². The molecule has 1 N–H and O–H groups in total. The number of nitrogens with zero attached hydrogens (tertiary/aromatic N) is 3. The second-order valence-corrected chi connectivity index (χ2v) is 7.06. The molecule has 0 saturated heterocycles. The van der Waals surface area contributed by atoms with Gasteiger partial charge in [0.1, 0.15) is 0 Å². The predicted molar refractivity (Wildman–Crippen MR) is 74.2 cm³/mol. The lowest BCUT2D eigenvalue weighted by molar-refractivity contribution is 0.530. The number of pyridine rings is 1. The molecule has 7 nitrogen and oxygen atoms in total. The molecule has 0 aliphatic carbocycles. The summed E-state index contributed by atoms with van der Waals surface area (Å²) in [5, 5.41) is 7.01. The third-order valence-corrected chi connectivity index (χ3v) is 3.83. The van der Waals surface area contributed by atoms with Gasteiger partial charge >= 0.3 is 0 Å². The molecule has 0 aromatic carbocycles. The maximum Gasteiger partial charge on any atom is 0.296 e. The van der Waals surface area contributed by atoms with Crippen LogP contribution in [0.15, 0.2) is 22.2 Å². The lowest BCUT2D eigenvalue weighted by Gasteiger charge is -2.12. The molecule has 0 bridgehead atoms. The Kier molecular flexibility index (Phi) is 3.70. The van der Waals surface area contributed by atoms with Crippen LogP contribution >= 0.6 is 10.7 Å². The van der Waals surface area contributed by atoms with E-state index in [1.54, 1.807) is 20.8 Å². The molecule has 108 valence electrons. The Morgan fingerprint density at radius 1 is 1.35 bits per heavy atom. The number of aromatic nitrogens is 4. The van der Waals surface area contributed by atoms with Crippen LogP contribution in [-0.2, 0) is 9.05 Å². The summed E-state index contributed by atoms with van der Waals surface area (Å²) in [5.74, 6) is 0.167. The molecule has 0 atom stereocenters. The predicted octanol–water partition coefficient (Wildman–Crippen LogP) is 1.45. The topological polar surface area (TPSA) is 97.7 Å². The van der Waals surface area contributed by atoms with Gasteiger partial charge in [-0.05, 0) is 20.8 Å². The lowest BCUT2D eigenvalue weighted by atomic mass is 10.2. The molecule has 2 aromatic heterocycles. The summed E-state index contributed by atoms with van der Waals surface area (Å²) >= 11 is 0. The van der Waals surface area contributed by atoms with Crippen LogP contribution in [0.1, 0.15) is 25.6 Å². The number of nitrogens with one attached hydrogen (secondary N) is 1. The average molecular weight is 317 g/mol. The minimum Gasteiger partial charge on any atom is -0.364 e. The van der Waals surface area contributed by atoms with Gasteiger partial charge in [-0.25, -0.2) is 8.42 Å². The SMILES string of the molecule is Cc1cc(=O)c(-c2nnc(S(=O)(=O)Cl)n2C(C)C)c[nH]1. The van der Waals surface area contributed by atoms with Crippen LogP contribution < -0.4 is 5.43 Å². The van der Waals surface area contributed by atoms with Crippen molar-refractivity contribution in [2.24, 2.45) is 0 Å². The largest absolute Gasteiger partial charge is 0.364 e. The molecule has 0 spiro atoms. The monoisotopic (exact) mass is 316 g/mol. The molecule has 0 amide bonds. The van der Waals surface area contributed by atoms with Crippen molar-refractivity contribution in [3.8, 4) is 11.4 Å². The van der Waals surface area contributed by atoms with Crippen LogP contribution in [0.25, 0.3) is 11.4 Å². The molecule has 0 unspecified atom stereocenters. The van der Waals surface area contributed by atoms with Crippen molar-refractivity contribution in [3.63, 3.8) is 0 Å². The highest BCUT2D eigenvalue weighted by atomic mass is 35.7. The Balaban J connectivity index is 2.76. The van der Waals surface area contributed by atoms with Crippen LogP contribution in [0.3, 0.4) is 0 Å². The number of H-pyrrole nitrogens is 1. The van der Waals surface area contributed by atoms with E-state index in [9.17, 15) is 13.2 Å². The maximum absolute atomic E-state index is 12.0. The van der Waals surface area contributed by atoms with Crippen molar-refractivity contribution in [2.75, 3.05) is 0 Å². The van der Waals surface area contributed by atoms with Gasteiger partial charge in [-0.15, -0.1) is 10.2 Å².